The van der Waals surface area contributed by atoms with Gasteiger partial charge in [0.15, 0.2) is 5.54 Å². The van der Waals surface area contributed by atoms with Gasteiger partial charge in [-0.05, 0) is 37.3 Å². The van der Waals surface area contributed by atoms with E-state index in [2.05, 4.69) is 5.32 Å². The minimum absolute atomic E-state index is 0.279. The number of halogens is 3. The molecule has 1 atom stereocenters. The summed E-state index contributed by atoms with van der Waals surface area (Å²) in [5.41, 5.74) is -1.86. The van der Waals surface area contributed by atoms with Crippen LogP contribution in [0.2, 0.25) is 5.02 Å². The number of benzene rings is 2. The van der Waals surface area contributed by atoms with Gasteiger partial charge in [-0.15, -0.1) is 0 Å². The van der Waals surface area contributed by atoms with Crippen LogP contribution in [-0.4, -0.2) is 11.1 Å². The van der Waals surface area contributed by atoms with E-state index in [4.69, 9.17) is 11.6 Å². The Hall–Kier alpha value is -2.14. The molecule has 110 valence electrons. The van der Waals surface area contributed by atoms with E-state index in [1.165, 1.54) is 6.92 Å². The van der Waals surface area contributed by atoms with Crippen molar-refractivity contribution in [3.63, 3.8) is 0 Å². The fraction of sp³-hybridized carbons (Fsp3) is 0.133. The Morgan fingerprint density at radius 1 is 1.24 bits per heavy atom. The van der Waals surface area contributed by atoms with Crippen LogP contribution in [0.3, 0.4) is 0 Å². The summed E-state index contributed by atoms with van der Waals surface area (Å²) in [5, 5.41) is 12.4. The number of hydrogen-bond acceptors (Lipinski definition) is 2. The Bertz CT molecular complexity index is 693. The number of anilines is 1. The number of carboxylic acids is 1. The van der Waals surface area contributed by atoms with Crippen molar-refractivity contribution in [2.75, 3.05) is 5.32 Å². The first-order chi connectivity index (χ1) is 9.84. The fourth-order valence-corrected chi connectivity index (χ4v) is 2.13. The minimum atomic E-state index is -1.86. The first-order valence-electron chi connectivity index (χ1n) is 6.06. The van der Waals surface area contributed by atoms with Crippen molar-refractivity contribution in [1.29, 1.82) is 0 Å². The van der Waals surface area contributed by atoms with Gasteiger partial charge in [0.05, 0.1) is 10.7 Å². The molecule has 0 aliphatic carbocycles. The number of hydrogen-bond donors (Lipinski definition) is 2. The predicted molar refractivity (Wildman–Crippen MR) is 76.4 cm³/mol. The normalized spacial score (nSPS) is 13.5. The van der Waals surface area contributed by atoms with E-state index in [1.807, 2.05) is 0 Å². The average molecular weight is 312 g/mol. The van der Waals surface area contributed by atoms with E-state index in [0.29, 0.717) is 5.69 Å². The summed E-state index contributed by atoms with van der Waals surface area (Å²) in [5.74, 6) is -2.90. The topological polar surface area (TPSA) is 49.3 Å². The first-order valence-corrected chi connectivity index (χ1v) is 6.44. The van der Waals surface area contributed by atoms with E-state index < -0.39 is 23.1 Å². The van der Waals surface area contributed by atoms with Crippen molar-refractivity contribution in [2.24, 2.45) is 0 Å². The van der Waals surface area contributed by atoms with Crippen LogP contribution in [0.15, 0.2) is 42.5 Å². The maximum absolute atomic E-state index is 13.9. The summed E-state index contributed by atoms with van der Waals surface area (Å²) in [6.45, 7) is 1.25. The second kappa shape index (κ2) is 5.69. The summed E-state index contributed by atoms with van der Waals surface area (Å²) in [6.07, 6.45) is 0. The molecule has 0 amide bonds. The third kappa shape index (κ3) is 2.97. The molecule has 0 heterocycles. The predicted octanol–water partition coefficient (Wildman–Crippen LogP) is 4.03. The van der Waals surface area contributed by atoms with E-state index in [0.717, 1.165) is 18.2 Å². The van der Waals surface area contributed by atoms with Gasteiger partial charge in [0.1, 0.15) is 11.6 Å². The lowest BCUT2D eigenvalue weighted by atomic mass is 9.91. The maximum atomic E-state index is 13.9. The molecule has 0 aromatic heterocycles. The van der Waals surface area contributed by atoms with Gasteiger partial charge < -0.3 is 10.4 Å². The summed E-state index contributed by atoms with van der Waals surface area (Å²) in [7, 11) is 0. The summed E-state index contributed by atoms with van der Waals surface area (Å²) in [6, 6.07) is 9.12. The Morgan fingerprint density at radius 3 is 2.52 bits per heavy atom. The van der Waals surface area contributed by atoms with Crippen molar-refractivity contribution in [3.8, 4) is 0 Å². The van der Waals surface area contributed by atoms with Gasteiger partial charge in [0.25, 0.3) is 0 Å². The number of para-hydroxylation sites is 1. The summed E-state index contributed by atoms with van der Waals surface area (Å²) >= 11 is 5.97. The van der Waals surface area contributed by atoms with Gasteiger partial charge in [0.2, 0.25) is 0 Å². The second-order valence-corrected chi connectivity index (χ2v) is 5.07. The molecular weight excluding hydrogens is 300 g/mol. The highest BCUT2D eigenvalue weighted by Crippen LogP contribution is 2.32. The molecule has 0 aliphatic heterocycles. The van der Waals surface area contributed by atoms with Crippen molar-refractivity contribution in [3.05, 3.63) is 64.7 Å². The first kappa shape index (κ1) is 15.3. The minimum Gasteiger partial charge on any atom is -0.479 e. The van der Waals surface area contributed by atoms with Gasteiger partial charge in [-0.1, -0.05) is 23.7 Å². The highest BCUT2D eigenvalue weighted by molar-refractivity contribution is 6.33. The molecule has 2 aromatic rings. The van der Waals surface area contributed by atoms with Gasteiger partial charge >= 0.3 is 5.97 Å². The van der Waals surface area contributed by atoms with Crippen LogP contribution in [0.5, 0.6) is 0 Å². The Balaban J connectivity index is 2.53. The number of rotatable bonds is 4. The number of nitrogens with one attached hydrogen (secondary N) is 1. The highest BCUT2D eigenvalue weighted by Gasteiger charge is 2.38. The monoisotopic (exact) mass is 311 g/mol. The quantitative estimate of drug-likeness (QED) is 0.896. The lowest BCUT2D eigenvalue weighted by Crippen LogP contribution is -2.41. The Labute approximate surface area is 125 Å². The molecule has 2 N–H and O–H groups in total. The number of aliphatic carboxylic acids is 1. The standard InChI is InChI=1S/C15H12ClF2NO2/c1-15(14(20)21,10-8-9(17)6-7-12(10)18)19-13-5-3-2-4-11(13)16/h2-8,19H,1H3,(H,20,21). The average Bonchev–Trinajstić information content (AvgIpc) is 2.43. The van der Waals surface area contributed by atoms with Gasteiger partial charge in [0, 0.05) is 5.56 Å². The van der Waals surface area contributed by atoms with Gasteiger partial charge in [-0.2, -0.15) is 0 Å². The van der Waals surface area contributed by atoms with E-state index in [1.54, 1.807) is 24.3 Å². The molecule has 0 radical (unpaired) electrons. The zero-order valence-corrected chi connectivity index (χ0v) is 11.8. The highest BCUT2D eigenvalue weighted by atomic mass is 35.5. The van der Waals surface area contributed by atoms with Crippen molar-refractivity contribution in [1.82, 2.24) is 0 Å². The van der Waals surface area contributed by atoms with Crippen molar-refractivity contribution >= 4 is 23.3 Å². The molecule has 21 heavy (non-hydrogen) atoms. The fourth-order valence-electron chi connectivity index (χ4n) is 1.95. The second-order valence-electron chi connectivity index (χ2n) is 4.66. The molecule has 1 unspecified atom stereocenters. The van der Waals surface area contributed by atoms with Crippen molar-refractivity contribution in [2.45, 2.75) is 12.5 Å². The third-order valence-electron chi connectivity index (χ3n) is 3.15. The SMILES string of the molecule is CC(Nc1ccccc1Cl)(C(=O)O)c1cc(F)ccc1F. The van der Waals surface area contributed by atoms with E-state index in [-0.39, 0.29) is 10.6 Å². The molecule has 3 nitrogen and oxygen atoms in total. The molecule has 0 bridgehead atoms. The number of carbonyl (C=O) groups is 1. The van der Waals surface area contributed by atoms with E-state index in [9.17, 15) is 18.7 Å². The van der Waals surface area contributed by atoms with E-state index >= 15 is 0 Å². The van der Waals surface area contributed by atoms with Gasteiger partial charge in [-0.25, -0.2) is 13.6 Å². The zero-order chi connectivity index (χ0) is 15.6. The smallest absolute Gasteiger partial charge is 0.333 e. The molecule has 0 spiro atoms. The maximum Gasteiger partial charge on any atom is 0.333 e. The van der Waals surface area contributed by atoms with Crippen LogP contribution >= 0.6 is 11.6 Å². The largest absolute Gasteiger partial charge is 0.479 e. The molecule has 0 aliphatic rings. The summed E-state index contributed by atoms with van der Waals surface area (Å²) < 4.78 is 27.3. The molecular formula is C15H12ClF2NO2. The van der Waals surface area contributed by atoms with Gasteiger partial charge in [-0.3, -0.25) is 0 Å². The van der Waals surface area contributed by atoms with Crippen LogP contribution in [0.1, 0.15) is 12.5 Å². The molecule has 0 fully saturated rings. The Morgan fingerprint density at radius 2 is 1.90 bits per heavy atom. The third-order valence-corrected chi connectivity index (χ3v) is 3.48. The number of carboxylic acid groups (broad SMARTS) is 1. The van der Waals surface area contributed by atoms with Crippen LogP contribution in [0.25, 0.3) is 0 Å². The van der Waals surface area contributed by atoms with Crippen LogP contribution in [-0.2, 0) is 10.3 Å². The lowest BCUT2D eigenvalue weighted by molar-refractivity contribution is -0.142. The lowest BCUT2D eigenvalue weighted by Gasteiger charge is -2.28. The molecule has 2 aromatic carbocycles. The summed E-state index contributed by atoms with van der Waals surface area (Å²) in [4.78, 5) is 11.6. The zero-order valence-electron chi connectivity index (χ0n) is 11.0. The molecule has 2 rings (SSSR count). The van der Waals surface area contributed by atoms with Crippen molar-refractivity contribution < 1.29 is 18.7 Å². The van der Waals surface area contributed by atoms with Crippen LogP contribution in [0.4, 0.5) is 14.5 Å². The van der Waals surface area contributed by atoms with Crippen LogP contribution in [0, 0.1) is 11.6 Å². The van der Waals surface area contributed by atoms with Crippen LogP contribution < -0.4 is 5.32 Å². The molecule has 0 saturated heterocycles. The molecule has 0 saturated carbocycles. The Kier molecular flexibility index (Phi) is 4.14. The molecule has 6 heteroatoms.